The zero-order chi connectivity index (χ0) is 32.1. The fourth-order valence-corrected chi connectivity index (χ4v) is 4.76. The number of ether oxygens (including phenoxy) is 1. The second kappa shape index (κ2) is 31.1. The van der Waals surface area contributed by atoms with Gasteiger partial charge >= 0.3 is 0 Å². The Balaban J connectivity index is -0.000000569. The molecule has 242 valence electrons. The number of benzene rings is 1. The van der Waals surface area contributed by atoms with Gasteiger partial charge in [-0.05, 0) is 68.6 Å². The lowest BCUT2D eigenvalue weighted by Crippen LogP contribution is -2.32. The summed E-state index contributed by atoms with van der Waals surface area (Å²) in [5, 5.41) is 0. The van der Waals surface area contributed by atoms with Gasteiger partial charge in [0.25, 0.3) is 0 Å². The van der Waals surface area contributed by atoms with Crippen LogP contribution >= 0.6 is 0 Å². The number of fused-ring (bicyclic) bond motifs is 1. The maximum Gasteiger partial charge on any atom is 0.222 e. The maximum atomic E-state index is 11.6. The van der Waals surface area contributed by atoms with Gasteiger partial charge in [-0.1, -0.05) is 120 Å². The van der Waals surface area contributed by atoms with E-state index in [0.717, 1.165) is 50.1 Å². The largest absolute Gasteiger partial charge is 0.493 e. The number of carbonyl (C=O) groups excluding carboxylic acids is 2. The first-order valence-electron chi connectivity index (χ1n) is 17.2. The monoisotopic (exact) mass is 578 g/mol. The Bertz CT molecular complexity index is 727. The molecule has 1 aliphatic heterocycles. The molecule has 1 aromatic carbocycles. The molecule has 41 heavy (non-hydrogen) atoms. The van der Waals surface area contributed by atoms with Crippen LogP contribution in [-0.2, 0) is 16.0 Å². The van der Waals surface area contributed by atoms with E-state index >= 15 is 0 Å². The number of ketones is 1. The van der Waals surface area contributed by atoms with Crippen molar-refractivity contribution < 1.29 is 14.3 Å². The summed E-state index contributed by atoms with van der Waals surface area (Å²) < 4.78 is 5.59. The second-order valence-corrected chi connectivity index (χ2v) is 10.8. The summed E-state index contributed by atoms with van der Waals surface area (Å²) in [5.74, 6) is 3.15. The van der Waals surface area contributed by atoms with Crippen molar-refractivity contribution in [3.05, 3.63) is 29.3 Å². The highest BCUT2D eigenvalue weighted by Crippen LogP contribution is 2.33. The molecule has 0 radical (unpaired) electrons. The molecule has 2 rings (SSSR count). The van der Waals surface area contributed by atoms with E-state index in [-0.39, 0.29) is 5.78 Å². The molecule has 0 aliphatic carbocycles. The van der Waals surface area contributed by atoms with Gasteiger partial charge in [-0.2, -0.15) is 0 Å². The van der Waals surface area contributed by atoms with E-state index < -0.39 is 0 Å². The first kappa shape index (κ1) is 43.6. The molecule has 1 amide bonds. The molecule has 2 unspecified atom stereocenters. The minimum atomic E-state index is 0.167. The second-order valence-electron chi connectivity index (χ2n) is 10.8. The van der Waals surface area contributed by atoms with Gasteiger partial charge in [-0.15, -0.1) is 0 Å². The van der Waals surface area contributed by atoms with E-state index in [2.05, 4.69) is 52.8 Å². The van der Waals surface area contributed by atoms with Crippen molar-refractivity contribution in [1.29, 1.82) is 0 Å². The van der Waals surface area contributed by atoms with Gasteiger partial charge in [0.2, 0.25) is 5.91 Å². The average molecular weight is 578 g/mol. The topological polar surface area (TPSA) is 46.6 Å². The minimum absolute atomic E-state index is 0.167. The lowest BCUT2D eigenvalue weighted by Gasteiger charge is -2.21. The SMILES string of the molecule is CC.CC.CC(C)=O.CCCC(C)CC(CC)c1ccc2c(c1)CCO2.CCCCCCN(CCCC)C(=O)CC. The van der Waals surface area contributed by atoms with Crippen molar-refractivity contribution >= 4 is 11.7 Å². The van der Waals surface area contributed by atoms with E-state index in [9.17, 15) is 9.59 Å². The van der Waals surface area contributed by atoms with E-state index in [1.807, 2.05) is 39.5 Å². The van der Waals surface area contributed by atoms with Crippen molar-refractivity contribution in [2.75, 3.05) is 19.7 Å². The zero-order valence-electron chi connectivity index (χ0n) is 29.7. The first-order chi connectivity index (χ1) is 19.7. The van der Waals surface area contributed by atoms with Crippen LogP contribution in [0, 0.1) is 5.92 Å². The molecule has 1 aliphatic rings. The predicted octanol–water partition coefficient (Wildman–Crippen LogP) is 11.2. The number of unbranched alkanes of at least 4 members (excludes halogenated alkanes) is 4. The summed E-state index contributed by atoms with van der Waals surface area (Å²) >= 11 is 0. The molecular weight excluding hydrogens is 506 g/mol. The third-order valence-electron chi connectivity index (χ3n) is 6.86. The Hall–Kier alpha value is -1.84. The zero-order valence-corrected chi connectivity index (χ0v) is 29.7. The van der Waals surface area contributed by atoms with Crippen molar-refractivity contribution in [3.63, 3.8) is 0 Å². The molecule has 2 atom stereocenters. The molecule has 4 nitrogen and oxygen atoms in total. The molecular formula is C37H71NO3. The van der Waals surface area contributed by atoms with Crippen molar-refractivity contribution in [3.8, 4) is 5.75 Å². The summed E-state index contributed by atoms with van der Waals surface area (Å²) in [7, 11) is 0. The van der Waals surface area contributed by atoms with Gasteiger partial charge in [0, 0.05) is 25.9 Å². The highest BCUT2D eigenvalue weighted by molar-refractivity contribution is 5.75. The molecule has 0 spiro atoms. The van der Waals surface area contributed by atoms with E-state index in [4.69, 9.17) is 4.74 Å². The van der Waals surface area contributed by atoms with Gasteiger partial charge in [-0.25, -0.2) is 0 Å². The number of carbonyl (C=O) groups is 2. The number of hydrogen-bond acceptors (Lipinski definition) is 3. The molecule has 1 heterocycles. The van der Waals surface area contributed by atoms with Crippen LogP contribution < -0.4 is 4.74 Å². The Morgan fingerprint density at radius 2 is 1.44 bits per heavy atom. The number of nitrogens with zero attached hydrogens (tertiary/aromatic N) is 1. The highest BCUT2D eigenvalue weighted by Gasteiger charge is 2.17. The van der Waals surface area contributed by atoms with E-state index in [0.29, 0.717) is 12.3 Å². The number of amides is 1. The Labute approximate surface area is 257 Å². The molecule has 1 aromatic rings. The van der Waals surface area contributed by atoms with Crippen molar-refractivity contribution in [1.82, 2.24) is 4.90 Å². The van der Waals surface area contributed by atoms with E-state index in [1.165, 1.54) is 82.8 Å². The van der Waals surface area contributed by atoms with Crippen LogP contribution in [0.2, 0.25) is 0 Å². The smallest absolute Gasteiger partial charge is 0.222 e. The number of Topliss-reactive ketones (excluding diaryl/α,β-unsaturated/α-hetero) is 1. The molecule has 4 heteroatoms. The molecule has 0 aromatic heterocycles. The molecule has 0 fully saturated rings. The number of rotatable bonds is 15. The Morgan fingerprint density at radius 1 is 0.854 bits per heavy atom. The lowest BCUT2D eigenvalue weighted by atomic mass is 9.85. The third kappa shape index (κ3) is 23.4. The summed E-state index contributed by atoms with van der Waals surface area (Å²) in [6.07, 6.45) is 14.2. The summed E-state index contributed by atoms with van der Waals surface area (Å²) in [4.78, 5) is 23.1. The van der Waals surface area contributed by atoms with Crippen molar-refractivity contribution in [2.24, 2.45) is 5.92 Å². The Morgan fingerprint density at radius 3 is 1.95 bits per heavy atom. The van der Waals surface area contributed by atoms with Crippen LogP contribution in [0.5, 0.6) is 5.75 Å². The van der Waals surface area contributed by atoms with E-state index in [1.54, 1.807) is 0 Å². The summed E-state index contributed by atoms with van der Waals surface area (Å²) in [6, 6.07) is 6.83. The Kier molecular flexibility index (Phi) is 33.1. The van der Waals surface area contributed by atoms with Gasteiger partial charge < -0.3 is 14.4 Å². The number of hydrogen-bond donors (Lipinski definition) is 0. The van der Waals surface area contributed by atoms with Crippen LogP contribution in [-0.4, -0.2) is 36.3 Å². The van der Waals surface area contributed by atoms with Crippen LogP contribution in [0.3, 0.4) is 0 Å². The first-order valence-corrected chi connectivity index (χ1v) is 17.2. The highest BCUT2D eigenvalue weighted by atomic mass is 16.5. The lowest BCUT2D eigenvalue weighted by molar-refractivity contribution is -0.131. The normalized spacial score (nSPS) is 12.2. The fraction of sp³-hybridized carbons (Fsp3) is 0.784. The standard InChI is InChI=1S/C17H26O.C13H27NO.C3H6O.2C2H6/c1-4-6-13(3)11-14(5-2)15-7-8-17-16(12-15)9-10-18-17;1-4-7-9-10-12-14(11-8-5-2)13(15)6-3;1-3(2)4;2*1-2/h7-8,12-14H,4-6,9-11H2,1-3H3;4-12H2,1-3H3;1-2H3;2*1-2H3. The summed E-state index contributed by atoms with van der Waals surface area (Å²) in [5.41, 5.74) is 2.93. The van der Waals surface area contributed by atoms with Gasteiger partial charge in [0.15, 0.2) is 0 Å². The van der Waals surface area contributed by atoms with Crippen LogP contribution in [0.25, 0.3) is 0 Å². The predicted molar refractivity (Wildman–Crippen MR) is 182 cm³/mol. The molecule has 0 bridgehead atoms. The molecule has 0 N–H and O–H groups in total. The average Bonchev–Trinajstić information content (AvgIpc) is 3.45. The van der Waals surface area contributed by atoms with Gasteiger partial charge in [-0.3, -0.25) is 4.79 Å². The van der Waals surface area contributed by atoms with Crippen LogP contribution in [0.1, 0.15) is 171 Å². The third-order valence-corrected chi connectivity index (χ3v) is 6.86. The summed E-state index contributed by atoms with van der Waals surface area (Å²) in [6.45, 7) is 27.2. The van der Waals surface area contributed by atoms with Crippen LogP contribution in [0.15, 0.2) is 18.2 Å². The molecule has 0 saturated heterocycles. The molecule has 0 saturated carbocycles. The quantitative estimate of drug-likeness (QED) is 0.195. The maximum absolute atomic E-state index is 11.6. The fourth-order valence-electron chi connectivity index (χ4n) is 4.76. The van der Waals surface area contributed by atoms with Gasteiger partial charge in [0.05, 0.1) is 6.61 Å². The minimum Gasteiger partial charge on any atom is -0.493 e. The van der Waals surface area contributed by atoms with Crippen LogP contribution in [0.4, 0.5) is 0 Å². The van der Waals surface area contributed by atoms with Gasteiger partial charge in [0.1, 0.15) is 11.5 Å². The van der Waals surface area contributed by atoms with Crippen molar-refractivity contribution in [2.45, 2.75) is 166 Å².